The molecule has 0 aliphatic carbocycles. The van der Waals surface area contributed by atoms with Crippen molar-refractivity contribution in [2.24, 2.45) is 0 Å². The summed E-state index contributed by atoms with van der Waals surface area (Å²) in [5.74, 6) is 1.44. The average molecular weight is 343 g/mol. The Hall–Kier alpha value is -2.60. The van der Waals surface area contributed by atoms with Gasteiger partial charge in [0.05, 0.1) is 14.2 Å². The van der Waals surface area contributed by atoms with E-state index in [0.717, 1.165) is 17.5 Å². The van der Waals surface area contributed by atoms with Crippen molar-refractivity contribution < 1.29 is 14.3 Å². The minimum Gasteiger partial charge on any atom is -0.493 e. The number of amides is 1. The molecule has 134 valence electrons. The number of methoxy groups -OCH3 is 2. The number of carbonyl (C=O) groups is 1. The number of rotatable bonds is 10. The van der Waals surface area contributed by atoms with Crippen molar-refractivity contribution in [3.63, 3.8) is 0 Å². The second kappa shape index (κ2) is 10.3. The lowest BCUT2D eigenvalue weighted by atomic mass is 10.1. The molecule has 0 saturated carbocycles. The predicted octanol–water partition coefficient (Wildman–Crippen LogP) is 1.94. The average Bonchev–Trinajstić information content (AvgIpc) is 2.66. The largest absolute Gasteiger partial charge is 0.493 e. The summed E-state index contributed by atoms with van der Waals surface area (Å²) in [6.07, 6.45) is 4.76. The molecule has 0 atom stereocenters. The van der Waals surface area contributed by atoms with Gasteiger partial charge in [0.1, 0.15) is 0 Å². The van der Waals surface area contributed by atoms with Crippen LogP contribution < -0.4 is 20.1 Å². The van der Waals surface area contributed by atoms with Crippen LogP contribution in [0.1, 0.15) is 17.5 Å². The van der Waals surface area contributed by atoms with Gasteiger partial charge < -0.3 is 20.1 Å². The van der Waals surface area contributed by atoms with Gasteiger partial charge in [-0.1, -0.05) is 12.1 Å². The molecule has 1 aromatic heterocycles. The summed E-state index contributed by atoms with van der Waals surface area (Å²) in [5, 5.41) is 6.17. The maximum Gasteiger partial charge on any atom is 0.221 e. The van der Waals surface area contributed by atoms with Crippen LogP contribution in [-0.2, 0) is 17.8 Å². The van der Waals surface area contributed by atoms with Crippen LogP contribution in [0.3, 0.4) is 0 Å². The van der Waals surface area contributed by atoms with Crippen LogP contribution in [0.2, 0.25) is 0 Å². The first-order chi connectivity index (χ1) is 12.2. The van der Waals surface area contributed by atoms with Crippen LogP contribution in [0.15, 0.2) is 42.7 Å². The van der Waals surface area contributed by atoms with Crippen molar-refractivity contribution in [1.82, 2.24) is 15.6 Å². The minimum absolute atomic E-state index is 0.0409. The van der Waals surface area contributed by atoms with Crippen LogP contribution in [-0.4, -0.2) is 38.2 Å². The van der Waals surface area contributed by atoms with Crippen LogP contribution in [0.25, 0.3) is 0 Å². The van der Waals surface area contributed by atoms with Crippen molar-refractivity contribution >= 4 is 5.91 Å². The fourth-order valence-electron chi connectivity index (χ4n) is 2.41. The molecule has 6 heteroatoms. The van der Waals surface area contributed by atoms with E-state index in [1.165, 1.54) is 0 Å². The van der Waals surface area contributed by atoms with Crippen LogP contribution in [0.5, 0.6) is 11.5 Å². The number of pyridine rings is 1. The van der Waals surface area contributed by atoms with Crippen molar-refractivity contribution in [2.75, 3.05) is 27.3 Å². The highest BCUT2D eigenvalue weighted by Crippen LogP contribution is 2.27. The molecule has 2 N–H and O–H groups in total. The molecular weight excluding hydrogens is 318 g/mol. The number of hydrogen-bond acceptors (Lipinski definition) is 5. The van der Waals surface area contributed by atoms with Gasteiger partial charge in [0.25, 0.3) is 0 Å². The summed E-state index contributed by atoms with van der Waals surface area (Å²) in [7, 11) is 3.22. The van der Waals surface area contributed by atoms with Gasteiger partial charge in [-0.05, 0) is 35.7 Å². The van der Waals surface area contributed by atoms with Crippen LogP contribution >= 0.6 is 0 Å². The third-order valence-corrected chi connectivity index (χ3v) is 3.76. The first-order valence-corrected chi connectivity index (χ1v) is 8.30. The third-order valence-electron chi connectivity index (χ3n) is 3.76. The zero-order chi connectivity index (χ0) is 17.9. The molecule has 0 aliphatic rings. The van der Waals surface area contributed by atoms with Gasteiger partial charge in [0.2, 0.25) is 5.91 Å². The molecule has 0 aliphatic heterocycles. The Bertz CT molecular complexity index is 662. The molecule has 2 rings (SSSR count). The Morgan fingerprint density at radius 2 is 1.92 bits per heavy atom. The number of carbonyl (C=O) groups excluding carboxylic acids is 1. The summed E-state index contributed by atoms with van der Waals surface area (Å²) in [6, 6.07) is 9.68. The smallest absolute Gasteiger partial charge is 0.221 e. The van der Waals surface area contributed by atoms with Gasteiger partial charge in [-0.15, -0.1) is 0 Å². The van der Waals surface area contributed by atoms with Gasteiger partial charge in [-0.2, -0.15) is 0 Å². The minimum atomic E-state index is 0.0409. The quantitative estimate of drug-likeness (QED) is 0.645. The third kappa shape index (κ3) is 6.43. The fraction of sp³-hybridized carbons (Fsp3) is 0.368. The van der Waals surface area contributed by atoms with E-state index >= 15 is 0 Å². The molecule has 6 nitrogen and oxygen atoms in total. The highest BCUT2D eigenvalue weighted by molar-refractivity contribution is 5.76. The highest BCUT2D eigenvalue weighted by Gasteiger charge is 2.05. The van der Waals surface area contributed by atoms with Crippen molar-refractivity contribution in [1.29, 1.82) is 0 Å². The van der Waals surface area contributed by atoms with Gasteiger partial charge in [0.15, 0.2) is 11.5 Å². The first kappa shape index (κ1) is 18.7. The molecule has 25 heavy (non-hydrogen) atoms. The number of nitrogens with one attached hydrogen (secondary N) is 2. The maximum atomic E-state index is 11.9. The Kier molecular flexibility index (Phi) is 7.72. The van der Waals surface area contributed by atoms with Gasteiger partial charge in [-0.3, -0.25) is 9.78 Å². The normalized spacial score (nSPS) is 10.3. The van der Waals surface area contributed by atoms with Gasteiger partial charge in [0, 0.05) is 38.4 Å². The SMILES string of the molecule is COc1ccc(CCNC(=O)CCNCc2cccnc2)cc1OC. The van der Waals surface area contributed by atoms with Crippen molar-refractivity contribution in [3.8, 4) is 11.5 Å². The molecule has 0 bridgehead atoms. The first-order valence-electron chi connectivity index (χ1n) is 8.30. The molecule has 1 aromatic carbocycles. The second-order valence-corrected chi connectivity index (χ2v) is 5.58. The van der Waals surface area contributed by atoms with E-state index in [1.807, 2.05) is 36.5 Å². The maximum absolute atomic E-state index is 11.9. The summed E-state index contributed by atoms with van der Waals surface area (Å²) >= 11 is 0. The van der Waals surface area contributed by atoms with Crippen molar-refractivity contribution in [3.05, 3.63) is 53.9 Å². The van der Waals surface area contributed by atoms with E-state index in [2.05, 4.69) is 15.6 Å². The molecular formula is C19H25N3O3. The monoisotopic (exact) mass is 343 g/mol. The molecule has 1 heterocycles. The topological polar surface area (TPSA) is 72.5 Å². The number of aromatic nitrogens is 1. The number of hydrogen-bond donors (Lipinski definition) is 2. The zero-order valence-electron chi connectivity index (χ0n) is 14.7. The van der Waals surface area contributed by atoms with E-state index < -0.39 is 0 Å². The van der Waals surface area contributed by atoms with Crippen molar-refractivity contribution in [2.45, 2.75) is 19.4 Å². The van der Waals surface area contributed by atoms with Gasteiger partial charge >= 0.3 is 0 Å². The molecule has 2 aromatic rings. The molecule has 0 fully saturated rings. The van der Waals surface area contributed by atoms with Crippen LogP contribution in [0, 0.1) is 0 Å². The molecule has 0 radical (unpaired) electrons. The molecule has 1 amide bonds. The van der Waals surface area contributed by atoms with E-state index in [-0.39, 0.29) is 5.91 Å². The zero-order valence-corrected chi connectivity index (χ0v) is 14.7. The number of ether oxygens (including phenoxy) is 2. The predicted molar refractivity (Wildman–Crippen MR) is 96.8 cm³/mol. The molecule has 0 saturated heterocycles. The second-order valence-electron chi connectivity index (χ2n) is 5.58. The van der Waals surface area contributed by atoms with E-state index in [0.29, 0.717) is 37.6 Å². The van der Waals surface area contributed by atoms with E-state index in [9.17, 15) is 4.79 Å². The number of nitrogens with zero attached hydrogens (tertiary/aromatic N) is 1. The summed E-state index contributed by atoms with van der Waals surface area (Å²) < 4.78 is 10.5. The lowest BCUT2D eigenvalue weighted by Crippen LogP contribution is -2.29. The standard InChI is InChI=1S/C19H25N3O3/c1-24-17-6-5-15(12-18(17)25-2)7-11-22-19(23)8-10-21-14-16-4-3-9-20-13-16/h3-6,9,12-13,21H,7-8,10-11,14H2,1-2H3,(H,22,23). The molecule has 0 spiro atoms. The Balaban J connectivity index is 1.63. The van der Waals surface area contributed by atoms with E-state index in [4.69, 9.17) is 9.47 Å². The lowest BCUT2D eigenvalue weighted by Gasteiger charge is -2.10. The van der Waals surface area contributed by atoms with Crippen LogP contribution in [0.4, 0.5) is 0 Å². The van der Waals surface area contributed by atoms with E-state index in [1.54, 1.807) is 20.4 Å². The summed E-state index contributed by atoms with van der Waals surface area (Å²) in [5.41, 5.74) is 2.20. The summed E-state index contributed by atoms with van der Waals surface area (Å²) in [6.45, 7) is 1.95. The Labute approximate surface area is 148 Å². The van der Waals surface area contributed by atoms with Gasteiger partial charge in [-0.25, -0.2) is 0 Å². The molecule has 0 unspecified atom stereocenters. The Morgan fingerprint density at radius 1 is 1.08 bits per heavy atom. The lowest BCUT2D eigenvalue weighted by molar-refractivity contribution is -0.120. The summed E-state index contributed by atoms with van der Waals surface area (Å²) in [4.78, 5) is 15.9. The highest BCUT2D eigenvalue weighted by atomic mass is 16.5. The fourth-order valence-corrected chi connectivity index (χ4v) is 2.41. The number of benzene rings is 1. The Morgan fingerprint density at radius 3 is 2.64 bits per heavy atom.